The fraction of sp³-hybridized carbons (Fsp3) is 0.692. The summed E-state index contributed by atoms with van der Waals surface area (Å²) in [6.07, 6.45) is 2.26. The van der Waals surface area contributed by atoms with Gasteiger partial charge in [-0.15, -0.1) is 11.3 Å². The Hall–Kier alpha value is -0.170. The fourth-order valence-electron chi connectivity index (χ4n) is 2.53. The van der Waals surface area contributed by atoms with Gasteiger partial charge in [-0.2, -0.15) is 0 Å². The van der Waals surface area contributed by atoms with Crippen LogP contribution in [-0.4, -0.2) is 49.0 Å². The number of piperidine rings is 1. The Labute approximate surface area is 123 Å². The van der Waals surface area contributed by atoms with Crippen LogP contribution in [0, 0.1) is 0 Å². The van der Waals surface area contributed by atoms with Crippen LogP contribution in [0.1, 0.15) is 23.8 Å². The first-order valence-electron chi connectivity index (χ1n) is 6.66. The van der Waals surface area contributed by atoms with Crippen molar-refractivity contribution in [3.8, 4) is 0 Å². The quantitative estimate of drug-likeness (QED) is 0.842. The summed E-state index contributed by atoms with van der Waals surface area (Å²) in [4.78, 5) is 3.64. The summed E-state index contributed by atoms with van der Waals surface area (Å²) in [6, 6.07) is 4.26. The van der Waals surface area contributed by atoms with E-state index in [-0.39, 0.29) is 18.8 Å². The topological polar surface area (TPSA) is 58.7 Å². The van der Waals surface area contributed by atoms with Gasteiger partial charge in [0.15, 0.2) is 0 Å². The summed E-state index contributed by atoms with van der Waals surface area (Å²) >= 11 is 7.60. The maximum absolute atomic E-state index is 8.76. The van der Waals surface area contributed by atoms with Gasteiger partial charge in [-0.1, -0.05) is 11.6 Å². The molecule has 0 bridgehead atoms. The zero-order chi connectivity index (χ0) is 13.7. The number of nitrogens with two attached hydrogens (primary N) is 1. The lowest BCUT2D eigenvalue weighted by atomic mass is 10.0. The Bertz CT molecular complexity index is 380. The van der Waals surface area contributed by atoms with Crippen molar-refractivity contribution in [2.24, 2.45) is 5.73 Å². The van der Waals surface area contributed by atoms with E-state index in [9.17, 15) is 0 Å². The molecule has 2 heterocycles. The highest BCUT2D eigenvalue weighted by atomic mass is 35.5. The first kappa shape index (κ1) is 15.2. The highest BCUT2D eigenvalue weighted by Crippen LogP contribution is 2.31. The van der Waals surface area contributed by atoms with E-state index in [0.717, 1.165) is 30.3 Å². The number of ether oxygens (including phenoxy) is 1. The Morgan fingerprint density at radius 2 is 2.21 bits per heavy atom. The summed E-state index contributed by atoms with van der Waals surface area (Å²) in [5.41, 5.74) is 5.92. The van der Waals surface area contributed by atoms with Gasteiger partial charge in [-0.25, -0.2) is 0 Å². The molecule has 2 rings (SSSR count). The molecule has 6 heteroatoms. The zero-order valence-electron chi connectivity index (χ0n) is 10.9. The lowest BCUT2D eigenvalue weighted by molar-refractivity contribution is -0.0146. The van der Waals surface area contributed by atoms with Crippen LogP contribution in [0.4, 0.5) is 0 Å². The lowest BCUT2D eigenvalue weighted by Crippen LogP contribution is -2.41. The van der Waals surface area contributed by atoms with E-state index in [1.165, 1.54) is 4.88 Å². The number of hydrogen-bond donors (Lipinski definition) is 2. The van der Waals surface area contributed by atoms with E-state index in [0.29, 0.717) is 13.2 Å². The van der Waals surface area contributed by atoms with Crippen molar-refractivity contribution in [3.63, 3.8) is 0 Å². The van der Waals surface area contributed by atoms with Crippen molar-refractivity contribution >= 4 is 22.9 Å². The smallest absolute Gasteiger partial charge is 0.0931 e. The predicted molar refractivity (Wildman–Crippen MR) is 78.8 cm³/mol. The summed E-state index contributed by atoms with van der Waals surface area (Å²) < 4.78 is 6.39. The van der Waals surface area contributed by atoms with E-state index in [4.69, 9.17) is 27.2 Å². The molecular formula is C13H21ClN2O2S. The average Bonchev–Trinajstić information content (AvgIpc) is 2.85. The molecule has 1 saturated heterocycles. The number of hydrogen-bond acceptors (Lipinski definition) is 5. The van der Waals surface area contributed by atoms with Crippen LogP contribution in [0.3, 0.4) is 0 Å². The van der Waals surface area contributed by atoms with Crippen LogP contribution in [0.25, 0.3) is 0 Å². The van der Waals surface area contributed by atoms with E-state index in [1.54, 1.807) is 11.3 Å². The van der Waals surface area contributed by atoms with Gasteiger partial charge in [-0.3, -0.25) is 4.90 Å². The molecule has 0 radical (unpaired) electrons. The average molecular weight is 305 g/mol. The van der Waals surface area contributed by atoms with Crippen molar-refractivity contribution in [3.05, 3.63) is 21.3 Å². The molecule has 19 heavy (non-hydrogen) atoms. The number of aliphatic hydroxyl groups is 1. The van der Waals surface area contributed by atoms with Gasteiger partial charge >= 0.3 is 0 Å². The highest BCUT2D eigenvalue weighted by molar-refractivity contribution is 7.16. The first-order valence-corrected chi connectivity index (χ1v) is 7.86. The first-order chi connectivity index (χ1) is 9.24. The fourth-order valence-corrected chi connectivity index (χ4v) is 3.73. The van der Waals surface area contributed by atoms with Crippen molar-refractivity contribution < 1.29 is 9.84 Å². The second kappa shape index (κ2) is 7.57. The molecule has 0 aromatic carbocycles. The predicted octanol–water partition coefficient (Wildman–Crippen LogP) is 1.87. The van der Waals surface area contributed by atoms with Crippen LogP contribution >= 0.6 is 22.9 Å². The molecule has 0 saturated carbocycles. The van der Waals surface area contributed by atoms with Gasteiger partial charge in [0.05, 0.1) is 29.7 Å². The van der Waals surface area contributed by atoms with Crippen LogP contribution in [-0.2, 0) is 4.74 Å². The van der Waals surface area contributed by atoms with Gasteiger partial charge in [-0.05, 0) is 25.0 Å². The molecule has 1 aliphatic heterocycles. The number of thiophene rings is 1. The Morgan fingerprint density at radius 1 is 1.47 bits per heavy atom. The van der Waals surface area contributed by atoms with E-state index < -0.39 is 0 Å². The minimum atomic E-state index is 0.0966. The largest absolute Gasteiger partial charge is 0.394 e. The molecule has 1 aromatic rings. The van der Waals surface area contributed by atoms with Gasteiger partial charge < -0.3 is 15.6 Å². The lowest BCUT2D eigenvalue weighted by Gasteiger charge is -2.36. The third kappa shape index (κ3) is 4.15. The normalized spacial score (nSPS) is 19.7. The van der Waals surface area contributed by atoms with Crippen molar-refractivity contribution in [1.82, 2.24) is 4.90 Å². The minimum absolute atomic E-state index is 0.0966. The SMILES string of the molecule is NCC(c1ccc(Cl)s1)N1CCC(OCCO)CC1. The van der Waals surface area contributed by atoms with E-state index >= 15 is 0 Å². The third-order valence-electron chi connectivity index (χ3n) is 3.51. The molecule has 108 valence electrons. The number of aliphatic hydroxyl groups excluding tert-OH is 1. The summed E-state index contributed by atoms with van der Waals surface area (Å²) in [6.45, 7) is 3.10. The Kier molecular flexibility index (Phi) is 6.06. The van der Waals surface area contributed by atoms with Crippen LogP contribution < -0.4 is 5.73 Å². The van der Waals surface area contributed by atoms with Crippen LogP contribution in [0.15, 0.2) is 12.1 Å². The number of halogens is 1. The molecule has 1 aromatic heterocycles. The molecule has 1 fully saturated rings. The summed E-state index contributed by atoms with van der Waals surface area (Å²) in [5.74, 6) is 0. The molecule has 1 aliphatic rings. The van der Waals surface area contributed by atoms with Crippen molar-refractivity contribution in [2.45, 2.75) is 25.0 Å². The molecule has 4 nitrogen and oxygen atoms in total. The number of likely N-dealkylation sites (tertiary alicyclic amines) is 1. The maximum atomic E-state index is 8.76. The minimum Gasteiger partial charge on any atom is -0.394 e. The molecule has 3 N–H and O–H groups in total. The molecule has 0 amide bonds. The van der Waals surface area contributed by atoms with Crippen LogP contribution in [0.2, 0.25) is 4.34 Å². The van der Waals surface area contributed by atoms with Gasteiger partial charge in [0.25, 0.3) is 0 Å². The van der Waals surface area contributed by atoms with Gasteiger partial charge in [0.2, 0.25) is 0 Å². The van der Waals surface area contributed by atoms with Gasteiger partial charge in [0.1, 0.15) is 0 Å². The standard InChI is InChI=1S/C13H21ClN2O2S/c14-13-2-1-12(19-13)11(9-15)16-5-3-10(4-6-16)18-8-7-17/h1-2,10-11,17H,3-9,15H2. The number of nitrogens with zero attached hydrogens (tertiary/aromatic N) is 1. The van der Waals surface area contributed by atoms with Gasteiger partial charge in [0, 0.05) is 24.5 Å². The second-order valence-electron chi connectivity index (χ2n) is 4.72. The maximum Gasteiger partial charge on any atom is 0.0931 e. The van der Waals surface area contributed by atoms with Crippen LogP contribution in [0.5, 0.6) is 0 Å². The van der Waals surface area contributed by atoms with Crippen molar-refractivity contribution in [1.29, 1.82) is 0 Å². The molecule has 0 spiro atoms. The van der Waals surface area contributed by atoms with E-state index in [2.05, 4.69) is 11.0 Å². The molecule has 1 unspecified atom stereocenters. The highest BCUT2D eigenvalue weighted by Gasteiger charge is 2.26. The second-order valence-corrected chi connectivity index (χ2v) is 6.47. The van der Waals surface area contributed by atoms with E-state index in [1.807, 2.05) is 6.07 Å². The summed E-state index contributed by atoms with van der Waals surface area (Å²) in [7, 11) is 0. The summed E-state index contributed by atoms with van der Waals surface area (Å²) in [5, 5.41) is 8.76. The Balaban J connectivity index is 1.88. The Morgan fingerprint density at radius 3 is 2.74 bits per heavy atom. The molecular weight excluding hydrogens is 284 g/mol. The monoisotopic (exact) mass is 304 g/mol. The number of rotatable bonds is 6. The molecule has 1 atom stereocenters. The van der Waals surface area contributed by atoms with Crippen molar-refractivity contribution in [2.75, 3.05) is 32.8 Å². The third-order valence-corrected chi connectivity index (χ3v) is 4.84. The molecule has 0 aliphatic carbocycles. The zero-order valence-corrected chi connectivity index (χ0v) is 12.5.